The second-order valence-corrected chi connectivity index (χ2v) is 7.08. The molecule has 9 heteroatoms. The van der Waals surface area contributed by atoms with E-state index < -0.39 is 23.9 Å². The summed E-state index contributed by atoms with van der Waals surface area (Å²) in [5, 5.41) is 2.76. The van der Waals surface area contributed by atoms with E-state index in [0.29, 0.717) is 22.7 Å². The largest absolute Gasteiger partial charge is 0.493 e. The lowest BCUT2D eigenvalue weighted by Crippen LogP contribution is -2.16. The quantitative estimate of drug-likeness (QED) is 0.614. The minimum atomic E-state index is -4.59. The van der Waals surface area contributed by atoms with Crippen LogP contribution in [-0.2, 0) is 6.18 Å². The molecule has 0 saturated carbocycles. The van der Waals surface area contributed by atoms with E-state index in [4.69, 9.17) is 9.47 Å². The molecule has 0 aliphatic heterocycles. The summed E-state index contributed by atoms with van der Waals surface area (Å²) in [5.74, 6) is -0.492. The van der Waals surface area contributed by atoms with E-state index in [2.05, 4.69) is 10.3 Å². The zero-order valence-corrected chi connectivity index (χ0v) is 17.2. The first-order valence-electron chi connectivity index (χ1n) is 9.20. The predicted molar refractivity (Wildman–Crippen MR) is 107 cm³/mol. The normalized spacial score (nSPS) is 11.8. The second kappa shape index (κ2) is 7.89. The van der Waals surface area contributed by atoms with Crippen molar-refractivity contribution in [2.45, 2.75) is 33.0 Å². The number of alkyl halides is 3. The summed E-state index contributed by atoms with van der Waals surface area (Å²) in [7, 11) is 2.99. The van der Waals surface area contributed by atoms with Crippen molar-refractivity contribution in [3.63, 3.8) is 0 Å². The molecule has 0 spiro atoms. The zero-order chi connectivity index (χ0) is 22.2. The van der Waals surface area contributed by atoms with Crippen LogP contribution in [0.2, 0.25) is 0 Å². The Balaban J connectivity index is 1.99. The molecular formula is C21H22F3N3O3. The number of benzene rings is 2. The number of fused-ring (bicyclic) bond motifs is 1. The molecule has 1 amide bonds. The second-order valence-electron chi connectivity index (χ2n) is 7.08. The molecule has 0 radical (unpaired) electrons. The van der Waals surface area contributed by atoms with Gasteiger partial charge in [-0.2, -0.15) is 13.2 Å². The lowest BCUT2D eigenvalue weighted by molar-refractivity contribution is -0.147. The fourth-order valence-corrected chi connectivity index (χ4v) is 3.27. The monoisotopic (exact) mass is 421 g/mol. The summed E-state index contributed by atoms with van der Waals surface area (Å²) >= 11 is 0. The highest BCUT2D eigenvalue weighted by Gasteiger charge is 2.38. The van der Waals surface area contributed by atoms with Crippen LogP contribution in [0.25, 0.3) is 11.0 Å². The van der Waals surface area contributed by atoms with Crippen molar-refractivity contribution < 1.29 is 27.4 Å². The molecule has 6 nitrogen and oxygen atoms in total. The molecule has 1 N–H and O–H groups in total. The number of anilines is 1. The van der Waals surface area contributed by atoms with Crippen molar-refractivity contribution in [3.05, 3.63) is 47.3 Å². The lowest BCUT2D eigenvalue weighted by Gasteiger charge is -2.15. The van der Waals surface area contributed by atoms with E-state index in [0.717, 1.165) is 10.1 Å². The highest BCUT2D eigenvalue weighted by Crippen LogP contribution is 2.35. The van der Waals surface area contributed by atoms with E-state index in [1.165, 1.54) is 32.4 Å². The van der Waals surface area contributed by atoms with Gasteiger partial charge in [0.05, 0.1) is 25.3 Å². The molecule has 3 rings (SSSR count). The Labute approximate surface area is 171 Å². The lowest BCUT2D eigenvalue weighted by atomic mass is 10.1. The van der Waals surface area contributed by atoms with E-state index >= 15 is 0 Å². The number of hydrogen-bond donors (Lipinski definition) is 1. The molecule has 0 fully saturated rings. The number of carbonyl (C=O) groups excluding carboxylic acids is 1. The molecule has 0 bridgehead atoms. The molecule has 1 heterocycles. The Bertz CT molecular complexity index is 1100. The first-order valence-corrected chi connectivity index (χ1v) is 9.20. The summed E-state index contributed by atoms with van der Waals surface area (Å²) in [6, 6.07) is 7.22. The Hall–Kier alpha value is -3.23. The number of ether oxygens (including phenoxy) is 2. The van der Waals surface area contributed by atoms with Crippen LogP contribution >= 0.6 is 0 Å². The third-order valence-electron chi connectivity index (χ3n) is 4.70. The molecule has 1 aromatic heterocycles. The zero-order valence-electron chi connectivity index (χ0n) is 17.2. The molecule has 0 aliphatic carbocycles. The number of amides is 1. The van der Waals surface area contributed by atoms with E-state index in [1.807, 2.05) is 0 Å². The molecular weight excluding hydrogens is 399 g/mol. The van der Waals surface area contributed by atoms with Crippen LogP contribution < -0.4 is 14.8 Å². The van der Waals surface area contributed by atoms with Crippen molar-refractivity contribution in [3.8, 4) is 11.5 Å². The molecule has 0 atom stereocenters. The highest BCUT2D eigenvalue weighted by atomic mass is 19.4. The van der Waals surface area contributed by atoms with Crippen LogP contribution in [0.3, 0.4) is 0 Å². The van der Waals surface area contributed by atoms with Crippen LogP contribution in [0, 0.1) is 6.92 Å². The van der Waals surface area contributed by atoms with Crippen molar-refractivity contribution >= 4 is 22.6 Å². The predicted octanol–water partition coefficient (Wildman–Crippen LogP) is 5.21. The van der Waals surface area contributed by atoms with Gasteiger partial charge < -0.3 is 19.4 Å². The molecule has 0 saturated heterocycles. The maximum Gasteiger partial charge on any atom is 0.449 e. The van der Waals surface area contributed by atoms with E-state index in [1.54, 1.807) is 32.9 Å². The maximum atomic E-state index is 13.4. The van der Waals surface area contributed by atoms with Gasteiger partial charge in [0.25, 0.3) is 5.91 Å². The van der Waals surface area contributed by atoms with Crippen LogP contribution in [0.15, 0.2) is 30.3 Å². The van der Waals surface area contributed by atoms with Gasteiger partial charge in [-0.25, -0.2) is 4.98 Å². The summed E-state index contributed by atoms with van der Waals surface area (Å²) in [6.07, 6.45) is -4.59. The Morgan fingerprint density at radius 1 is 1.10 bits per heavy atom. The van der Waals surface area contributed by atoms with Gasteiger partial charge in [-0.05, 0) is 50.6 Å². The first-order chi connectivity index (χ1) is 14.1. The van der Waals surface area contributed by atoms with Crippen molar-refractivity contribution in [2.24, 2.45) is 0 Å². The van der Waals surface area contributed by atoms with Gasteiger partial charge in [0, 0.05) is 23.4 Å². The minimum absolute atomic E-state index is 0.104. The van der Waals surface area contributed by atoms with Gasteiger partial charge in [0.1, 0.15) is 0 Å². The average molecular weight is 421 g/mol. The smallest absolute Gasteiger partial charge is 0.449 e. The van der Waals surface area contributed by atoms with Crippen molar-refractivity contribution in [1.82, 2.24) is 9.55 Å². The van der Waals surface area contributed by atoms with E-state index in [9.17, 15) is 18.0 Å². The number of aromatic nitrogens is 2. The molecule has 30 heavy (non-hydrogen) atoms. The number of halogens is 3. The minimum Gasteiger partial charge on any atom is -0.493 e. The van der Waals surface area contributed by atoms with Gasteiger partial charge >= 0.3 is 6.18 Å². The third-order valence-corrected chi connectivity index (χ3v) is 4.70. The third kappa shape index (κ3) is 3.92. The number of carbonyl (C=O) groups is 1. The number of imidazole rings is 1. The van der Waals surface area contributed by atoms with Crippen LogP contribution in [0.4, 0.5) is 18.9 Å². The Morgan fingerprint density at radius 3 is 2.30 bits per heavy atom. The van der Waals surface area contributed by atoms with Gasteiger partial charge in [-0.3, -0.25) is 4.79 Å². The van der Waals surface area contributed by atoms with Gasteiger partial charge in [-0.15, -0.1) is 0 Å². The number of hydrogen-bond acceptors (Lipinski definition) is 4. The standard InChI is InChI=1S/C21H22F3N3O3/c1-11(2)27-16-7-6-13(9-15(16)26-20(27)21(22,23)24)19(28)25-14-10-18(30-5)17(29-4)8-12(14)3/h6-11H,1-5H3,(H,25,28). The summed E-state index contributed by atoms with van der Waals surface area (Å²) in [5.41, 5.74) is 1.86. The molecule has 160 valence electrons. The maximum absolute atomic E-state index is 13.4. The molecule has 3 aromatic rings. The first kappa shape index (κ1) is 21.5. The molecule has 0 unspecified atom stereocenters. The van der Waals surface area contributed by atoms with Crippen LogP contribution in [-0.4, -0.2) is 29.7 Å². The van der Waals surface area contributed by atoms with E-state index in [-0.39, 0.29) is 11.1 Å². The van der Waals surface area contributed by atoms with Crippen molar-refractivity contribution in [2.75, 3.05) is 19.5 Å². The van der Waals surface area contributed by atoms with Crippen LogP contribution in [0.1, 0.15) is 41.6 Å². The van der Waals surface area contributed by atoms with Crippen LogP contribution in [0.5, 0.6) is 11.5 Å². The number of aryl methyl sites for hydroxylation is 1. The highest BCUT2D eigenvalue weighted by molar-refractivity contribution is 6.06. The molecule has 2 aromatic carbocycles. The van der Waals surface area contributed by atoms with Gasteiger partial charge in [-0.1, -0.05) is 0 Å². The van der Waals surface area contributed by atoms with Gasteiger partial charge in [0.15, 0.2) is 11.5 Å². The molecule has 0 aliphatic rings. The SMILES string of the molecule is COc1cc(C)c(NC(=O)c2ccc3c(c2)nc(C(F)(F)F)n3C(C)C)cc1OC. The Kier molecular flexibility index (Phi) is 5.65. The van der Waals surface area contributed by atoms with Crippen molar-refractivity contribution in [1.29, 1.82) is 0 Å². The number of nitrogens with one attached hydrogen (secondary N) is 1. The number of methoxy groups -OCH3 is 2. The Morgan fingerprint density at radius 2 is 1.73 bits per heavy atom. The number of rotatable bonds is 5. The van der Waals surface area contributed by atoms with Gasteiger partial charge in [0.2, 0.25) is 5.82 Å². The average Bonchev–Trinajstić information content (AvgIpc) is 3.08. The summed E-state index contributed by atoms with van der Waals surface area (Å²) in [6.45, 7) is 5.09. The number of nitrogens with zero attached hydrogens (tertiary/aromatic N) is 2. The fourth-order valence-electron chi connectivity index (χ4n) is 3.27. The topological polar surface area (TPSA) is 65.4 Å². The summed E-state index contributed by atoms with van der Waals surface area (Å²) in [4.78, 5) is 16.5. The summed E-state index contributed by atoms with van der Waals surface area (Å²) < 4.78 is 51.8. The fraction of sp³-hybridized carbons (Fsp3) is 0.333.